The average Bonchev–Trinajstić information content (AvgIpc) is 2.47. The highest BCUT2D eigenvalue weighted by Crippen LogP contribution is 2.19. The number of para-hydroxylation sites is 1. The quantitative estimate of drug-likeness (QED) is 0.341. The lowest BCUT2D eigenvalue weighted by Crippen LogP contribution is -2.22. The minimum atomic E-state index is -0.0467. The normalized spacial score (nSPS) is 10.7. The number of carbonyl (C=O) groups is 1. The molecule has 0 bridgehead atoms. The number of Topliss-reactive ketones (excluding diaryl/α,β-unsaturated/α-hetero) is 1. The van der Waals surface area contributed by atoms with Crippen LogP contribution in [0.4, 0.5) is 0 Å². The van der Waals surface area contributed by atoms with Crippen molar-refractivity contribution in [3.8, 4) is 0 Å². The summed E-state index contributed by atoms with van der Waals surface area (Å²) in [5, 5.41) is 1.30. The lowest BCUT2D eigenvalue weighted by molar-refractivity contribution is -0.117. The maximum atomic E-state index is 12.5. The molecular weight excluding hydrogens is 284 g/mol. The van der Waals surface area contributed by atoms with E-state index in [0.29, 0.717) is 29.0 Å². The van der Waals surface area contributed by atoms with Crippen molar-refractivity contribution in [2.24, 2.45) is 0 Å². The second-order valence-electron chi connectivity index (χ2n) is 4.77. The molecular formula is C16H18N2O2S. The Labute approximate surface area is 127 Å². The van der Waals surface area contributed by atoms with Crippen LogP contribution in [-0.4, -0.2) is 21.1 Å². The Morgan fingerprint density at radius 2 is 2.19 bits per heavy atom. The summed E-state index contributed by atoms with van der Waals surface area (Å²) in [4.78, 5) is 28.0. The number of fused-ring (bicyclic) bond motifs is 1. The van der Waals surface area contributed by atoms with Gasteiger partial charge in [0.2, 0.25) is 0 Å². The highest BCUT2D eigenvalue weighted by Gasteiger charge is 2.10. The first-order valence-corrected chi connectivity index (χ1v) is 7.84. The van der Waals surface area contributed by atoms with Crippen molar-refractivity contribution in [3.63, 3.8) is 0 Å². The first-order valence-electron chi connectivity index (χ1n) is 6.86. The zero-order chi connectivity index (χ0) is 15.2. The molecule has 0 saturated heterocycles. The Bertz CT molecular complexity index is 722. The number of hydrogen-bond donors (Lipinski definition) is 0. The van der Waals surface area contributed by atoms with Crippen LogP contribution in [0.2, 0.25) is 0 Å². The number of allylic oxidation sites excluding steroid dienone is 1. The van der Waals surface area contributed by atoms with E-state index in [1.54, 1.807) is 23.6 Å². The van der Waals surface area contributed by atoms with Gasteiger partial charge in [-0.15, -0.1) is 6.58 Å². The summed E-state index contributed by atoms with van der Waals surface area (Å²) in [5.74, 6) is 0.951. The first kappa shape index (κ1) is 15.5. The van der Waals surface area contributed by atoms with Gasteiger partial charge in [0.25, 0.3) is 5.56 Å². The molecule has 0 amide bonds. The summed E-state index contributed by atoms with van der Waals surface area (Å²) >= 11 is 1.51. The molecule has 1 heterocycles. The van der Waals surface area contributed by atoms with E-state index < -0.39 is 0 Å². The van der Waals surface area contributed by atoms with E-state index in [4.69, 9.17) is 0 Å². The van der Waals surface area contributed by atoms with E-state index in [1.807, 2.05) is 18.2 Å². The number of rotatable bonds is 7. The number of thioether (sulfide) groups is 1. The molecule has 0 aliphatic heterocycles. The van der Waals surface area contributed by atoms with E-state index in [-0.39, 0.29) is 11.3 Å². The monoisotopic (exact) mass is 302 g/mol. The highest BCUT2D eigenvalue weighted by atomic mass is 32.2. The van der Waals surface area contributed by atoms with Gasteiger partial charge < -0.3 is 4.79 Å². The van der Waals surface area contributed by atoms with Crippen LogP contribution in [0.15, 0.2) is 46.9 Å². The van der Waals surface area contributed by atoms with Gasteiger partial charge in [-0.05, 0) is 25.5 Å². The number of hydrogen-bond acceptors (Lipinski definition) is 4. The van der Waals surface area contributed by atoms with Crippen LogP contribution >= 0.6 is 11.8 Å². The van der Waals surface area contributed by atoms with Gasteiger partial charge in [-0.3, -0.25) is 9.36 Å². The molecule has 0 aliphatic carbocycles. The molecule has 1 aromatic carbocycles. The fourth-order valence-electron chi connectivity index (χ4n) is 2.03. The lowest BCUT2D eigenvalue weighted by atomic mass is 10.2. The van der Waals surface area contributed by atoms with E-state index in [0.717, 1.165) is 12.2 Å². The smallest absolute Gasteiger partial charge is 0.262 e. The van der Waals surface area contributed by atoms with Gasteiger partial charge in [0, 0.05) is 18.7 Å². The van der Waals surface area contributed by atoms with E-state index in [2.05, 4.69) is 11.6 Å². The molecule has 21 heavy (non-hydrogen) atoms. The number of benzene rings is 1. The fourth-order valence-corrected chi connectivity index (χ4v) is 2.98. The van der Waals surface area contributed by atoms with E-state index in [9.17, 15) is 9.59 Å². The van der Waals surface area contributed by atoms with Gasteiger partial charge >= 0.3 is 0 Å². The molecule has 0 saturated carbocycles. The topological polar surface area (TPSA) is 52.0 Å². The van der Waals surface area contributed by atoms with Crippen molar-refractivity contribution in [1.82, 2.24) is 9.55 Å². The first-order chi connectivity index (χ1) is 10.1. The minimum Gasteiger partial charge on any atom is -0.300 e. The Hall–Kier alpha value is -1.88. The Morgan fingerprint density at radius 1 is 1.43 bits per heavy atom. The van der Waals surface area contributed by atoms with Gasteiger partial charge in [-0.1, -0.05) is 30.0 Å². The molecule has 0 aliphatic rings. The molecule has 4 nitrogen and oxygen atoms in total. The molecule has 0 spiro atoms. The van der Waals surface area contributed by atoms with Crippen molar-refractivity contribution in [2.45, 2.75) is 31.5 Å². The third-order valence-corrected chi connectivity index (χ3v) is 4.11. The second-order valence-corrected chi connectivity index (χ2v) is 5.83. The zero-order valence-corrected chi connectivity index (χ0v) is 12.9. The van der Waals surface area contributed by atoms with Crippen LogP contribution in [0.3, 0.4) is 0 Å². The van der Waals surface area contributed by atoms with Crippen molar-refractivity contribution in [2.75, 3.05) is 5.75 Å². The largest absolute Gasteiger partial charge is 0.300 e. The number of aromatic nitrogens is 2. The fraction of sp³-hybridized carbons (Fsp3) is 0.312. The SMILES string of the molecule is C=CCn1c(SCCCC(C)=O)nc2ccccc2c1=O. The van der Waals surface area contributed by atoms with E-state index in [1.165, 1.54) is 11.8 Å². The molecule has 2 aromatic rings. The Balaban J connectivity index is 2.32. The summed E-state index contributed by atoms with van der Waals surface area (Å²) in [6, 6.07) is 7.34. The minimum absolute atomic E-state index is 0.0467. The van der Waals surface area contributed by atoms with E-state index >= 15 is 0 Å². The average molecular weight is 302 g/mol. The van der Waals surface area contributed by atoms with Crippen LogP contribution in [0.1, 0.15) is 19.8 Å². The third-order valence-electron chi connectivity index (χ3n) is 3.04. The second kappa shape index (κ2) is 7.22. The Morgan fingerprint density at radius 3 is 2.90 bits per heavy atom. The van der Waals surface area contributed by atoms with Gasteiger partial charge in [0.1, 0.15) is 5.78 Å². The molecule has 5 heteroatoms. The summed E-state index contributed by atoms with van der Waals surface area (Å²) in [5.41, 5.74) is 0.659. The molecule has 0 N–H and O–H groups in total. The van der Waals surface area contributed by atoms with Gasteiger partial charge in [0.15, 0.2) is 5.16 Å². The number of ketones is 1. The summed E-state index contributed by atoms with van der Waals surface area (Å²) in [6.07, 6.45) is 3.04. The third kappa shape index (κ3) is 3.82. The molecule has 2 rings (SSSR count). The maximum absolute atomic E-state index is 12.5. The van der Waals surface area contributed by atoms with Gasteiger partial charge in [-0.25, -0.2) is 4.98 Å². The Kier molecular flexibility index (Phi) is 5.33. The molecule has 0 unspecified atom stereocenters. The molecule has 1 aromatic heterocycles. The van der Waals surface area contributed by atoms with Crippen molar-refractivity contribution < 1.29 is 4.79 Å². The van der Waals surface area contributed by atoms with Crippen LogP contribution in [-0.2, 0) is 11.3 Å². The molecule has 110 valence electrons. The van der Waals surface area contributed by atoms with Crippen LogP contribution in [0.5, 0.6) is 0 Å². The van der Waals surface area contributed by atoms with Gasteiger partial charge in [0.05, 0.1) is 10.9 Å². The predicted octanol–water partition coefficient (Wildman–Crippen LogP) is 3.04. The molecule has 0 fully saturated rings. The van der Waals surface area contributed by atoms with Crippen LogP contribution in [0, 0.1) is 0 Å². The standard InChI is InChI=1S/C16H18N2O2S/c1-3-10-18-15(20)13-8-4-5-9-14(13)17-16(18)21-11-6-7-12(2)19/h3-5,8-9H,1,6-7,10-11H2,2H3. The van der Waals surface area contributed by atoms with Crippen molar-refractivity contribution in [3.05, 3.63) is 47.3 Å². The van der Waals surface area contributed by atoms with Crippen molar-refractivity contribution >= 4 is 28.4 Å². The molecule has 0 radical (unpaired) electrons. The lowest BCUT2D eigenvalue weighted by Gasteiger charge is -2.11. The van der Waals surface area contributed by atoms with Crippen LogP contribution in [0.25, 0.3) is 10.9 Å². The highest BCUT2D eigenvalue weighted by molar-refractivity contribution is 7.99. The van der Waals surface area contributed by atoms with Crippen molar-refractivity contribution in [1.29, 1.82) is 0 Å². The summed E-state index contributed by atoms with van der Waals surface area (Å²) < 4.78 is 1.63. The van der Waals surface area contributed by atoms with Gasteiger partial charge in [-0.2, -0.15) is 0 Å². The molecule has 0 atom stereocenters. The maximum Gasteiger partial charge on any atom is 0.262 e. The summed E-state index contributed by atoms with van der Waals surface area (Å²) in [7, 11) is 0. The summed E-state index contributed by atoms with van der Waals surface area (Å²) in [6.45, 7) is 5.72. The predicted molar refractivity (Wildman–Crippen MR) is 86.8 cm³/mol. The zero-order valence-electron chi connectivity index (χ0n) is 12.0. The van der Waals surface area contributed by atoms with Crippen LogP contribution < -0.4 is 5.56 Å². The number of carbonyl (C=O) groups excluding carboxylic acids is 1. The number of nitrogens with zero attached hydrogens (tertiary/aromatic N) is 2.